The zero-order valence-electron chi connectivity index (χ0n) is 14.9. The van der Waals surface area contributed by atoms with Crippen LogP contribution >= 0.6 is 11.3 Å². The van der Waals surface area contributed by atoms with Gasteiger partial charge in [0.2, 0.25) is 0 Å². The van der Waals surface area contributed by atoms with E-state index in [4.69, 9.17) is 0 Å². The van der Waals surface area contributed by atoms with E-state index in [-0.39, 0.29) is 12.1 Å². The molecule has 0 bridgehead atoms. The van der Waals surface area contributed by atoms with Crippen LogP contribution in [0.25, 0.3) is 0 Å². The Labute approximate surface area is 158 Å². The fourth-order valence-corrected chi connectivity index (χ4v) is 4.56. The average molecular weight is 394 g/mol. The fourth-order valence-electron chi connectivity index (χ4n) is 3.12. The fraction of sp³-hybridized carbons (Fsp3) is 0.444. The van der Waals surface area contributed by atoms with Gasteiger partial charge in [-0.05, 0) is 42.5 Å². The molecule has 8 heteroatoms. The standard InChI is InChI=1S/C18H23N3O3S2/c1-3-16(17-19-8-11-25-17)20-18(22)21-9-6-13-4-5-15(26(2,23)24)12-14(13)7-10-21/h4-5,8,11-12,16H,3,6-7,9-10H2,1-2H3,(H,20,22). The van der Waals surface area contributed by atoms with Crippen molar-refractivity contribution < 1.29 is 13.2 Å². The first kappa shape index (κ1) is 18.8. The predicted molar refractivity (Wildman–Crippen MR) is 102 cm³/mol. The number of thiazole rings is 1. The summed E-state index contributed by atoms with van der Waals surface area (Å²) in [6.45, 7) is 3.21. The number of carbonyl (C=O) groups is 1. The third-order valence-electron chi connectivity index (χ3n) is 4.65. The van der Waals surface area contributed by atoms with E-state index in [1.807, 2.05) is 18.4 Å². The van der Waals surface area contributed by atoms with Crippen LogP contribution in [-0.2, 0) is 22.7 Å². The molecule has 2 heterocycles. The van der Waals surface area contributed by atoms with Gasteiger partial charge >= 0.3 is 6.03 Å². The van der Waals surface area contributed by atoms with E-state index in [2.05, 4.69) is 10.3 Å². The summed E-state index contributed by atoms with van der Waals surface area (Å²) in [6, 6.07) is 5.10. The Kier molecular flexibility index (Phi) is 5.62. The molecule has 1 N–H and O–H groups in total. The van der Waals surface area contributed by atoms with E-state index in [0.29, 0.717) is 24.4 Å². The molecule has 2 aromatic rings. The molecule has 26 heavy (non-hydrogen) atoms. The first-order valence-corrected chi connectivity index (χ1v) is 11.4. The highest BCUT2D eigenvalue weighted by molar-refractivity contribution is 7.90. The minimum Gasteiger partial charge on any atom is -0.329 e. The number of fused-ring (bicyclic) bond motifs is 1. The highest BCUT2D eigenvalue weighted by Gasteiger charge is 2.22. The maximum absolute atomic E-state index is 12.7. The molecular formula is C18H23N3O3S2. The van der Waals surface area contributed by atoms with Crippen molar-refractivity contribution in [3.63, 3.8) is 0 Å². The van der Waals surface area contributed by atoms with Gasteiger partial charge in [0.05, 0.1) is 10.9 Å². The second-order valence-corrected chi connectivity index (χ2v) is 9.41. The summed E-state index contributed by atoms with van der Waals surface area (Å²) >= 11 is 1.54. The van der Waals surface area contributed by atoms with Crippen LogP contribution in [-0.4, -0.2) is 43.7 Å². The highest BCUT2D eigenvalue weighted by Crippen LogP contribution is 2.22. The van der Waals surface area contributed by atoms with Crippen molar-refractivity contribution in [2.45, 2.75) is 37.1 Å². The Morgan fingerprint density at radius 3 is 2.65 bits per heavy atom. The van der Waals surface area contributed by atoms with Crippen LogP contribution in [0.4, 0.5) is 4.79 Å². The number of rotatable bonds is 4. The SMILES string of the molecule is CCC(NC(=O)N1CCc2ccc(S(C)(=O)=O)cc2CC1)c1nccs1. The Balaban J connectivity index is 1.69. The molecule has 6 nitrogen and oxygen atoms in total. The highest BCUT2D eigenvalue weighted by atomic mass is 32.2. The Bertz CT molecular complexity index is 879. The summed E-state index contributed by atoms with van der Waals surface area (Å²) in [5.74, 6) is 0. The van der Waals surface area contributed by atoms with Crippen molar-refractivity contribution in [2.75, 3.05) is 19.3 Å². The van der Waals surface area contributed by atoms with Crippen molar-refractivity contribution in [2.24, 2.45) is 0 Å². The summed E-state index contributed by atoms with van der Waals surface area (Å²) < 4.78 is 23.5. The van der Waals surface area contributed by atoms with E-state index < -0.39 is 9.84 Å². The van der Waals surface area contributed by atoms with Gasteiger partial charge in [-0.3, -0.25) is 0 Å². The molecule has 1 aliphatic heterocycles. The molecule has 1 unspecified atom stereocenters. The first-order chi connectivity index (χ1) is 12.4. The van der Waals surface area contributed by atoms with E-state index in [1.165, 1.54) is 6.26 Å². The number of amides is 2. The summed E-state index contributed by atoms with van der Waals surface area (Å²) in [5, 5.41) is 5.89. The Morgan fingerprint density at radius 2 is 2.04 bits per heavy atom. The van der Waals surface area contributed by atoms with Gasteiger partial charge < -0.3 is 10.2 Å². The van der Waals surface area contributed by atoms with Gasteiger partial charge in [0.1, 0.15) is 5.01 Å². The van der Waals surface area contributed by atoms with Gasteiger partial charge in [0, 0.05) is 30.9 Å². The molecule has 0 fully saturated rings. The molecule has 0 saturated heterocycles. The largest absolute Gasteiger partial charge is 0.329 e. The number of hydrogen-bond donors (Lipinski definition) is 1. The number of nitrogens with one attached hydrogen (secondary N) is 1. The molecule has 140 valence electrons. The van der Waals surface area contributed by atoms with Gasteiger partial charge in [0.25, 0.3) is 0 Å². The van der Waals surface area contributed by atoms with Crippen LogP contribution in [0.15, 0.2) is 34.7 Å². The normalized spacial score (nSPS) is 15.8. The third kappa shape index (κ3) is 4.24. The predicted octanol–water partition coefficient (Wildman–Crippen LogP) is 2.81. The lowest BCUT2D eigenvalue weighted by Gasteiger charge is -2.24. The van der Waals surface area contributed by atoms with Crippen LogP contribution < -0.4 is 5.32 Å². The van der Waals surface area contributed by atoms with E-state index in [1.54, 1.807) is 34.6 Å². The van der Waals surface area contributed by atoms with Crippen LogP contribution in [0.1, 0.15) is 35.5 Å². The van der Waals surface area contributed by atoms with E-state index >= 15 is 0 Å². The number of carbonyl (C=O) groups excluding carboxylic acids is 1. The lowest BCUT2D eigenvalue weighted by Crippen LogP contribution is -2.42. The van der Waals surface area contributed by atoms with Crippen molar-refractivity contribution in [3.05, 3.63) is 45.9 Å². The van der Waals surface area contributed by atoms with Gasteiger partial charge in [-0.25, -0.2) is 18.2 Å². The second-order valence-electron chi connectivity index (χ2n) is 6.47. The monoisotopic (exact) mass is 393 g/mol. The van der Waals surface area contributed by atoms with Gasteiger partial charge in [-0.15, -0.1) is 11.3 Å². The molecule has 0 saturated carbocycles. The summed E-state index contributed by atoms with van der Waals surface area (Å²) in [5.41, 5.74) is 2.12. The molecule has 1 aromatic carbocycles. The number of benzene rings is 1. The molecule has 3 rings (SSSR count). The molecule has 2 amide bonds. The van der Waals surface area contributed by atoms with Gasteiger partial charge in [-0.1, -0.05) is 13.0 Å². The number of sulfone groups is 1. The first-order valence-electron chi connectivity index (χ1n) is 8.65. The van der Waals surface area contributed by atoms with E-state index in [9.17, 15) is 13.2 Å². The van der Waals surface area contributed by atoms with Crippen LogP contribution in [0.3, 0.4) is 0 Å². The maximum atomic E-state index is 12.7. The molecule has 0 spiro atoms. The molecule has 1 atom stereocenters. The third-order valence-corrected chi connectivity index (χ3v) is 6.65. The van der Waals surface area contributed by atoms with E-state index in [0.717, 1.165) is 29.0 Å². The zero-order chi connectivity index (χ0) is 18.7. The number of urea groups is 1. The molecule has 1 aliphatic rings. The van der Waals surface area contributed by atoms with Crippen molar-refractivity contribution in [1.82, 2.24) is 15.2 Å². The minimum absolute atomic E-state index is 0.0787. The molecular weight excluding hydrogens is 370 g/mol. The number of nitrogens with zero attached hydrogens (tertiary/aromatic N) is 2. The van der Waals surface area contributed by atoms with Crippen LogP contribution in [0.2, 0.25) is 0 Å². The van der Waals surface area contributed by atoms with Gasteiger partial charge in [-0.2, -0.15) is 0 Å². The summed E-state index contributed by atoms with van der Waals surface area (Å²) in [7, 11) is -3.22. The number of hydrogen-bond acceptors (Lipinski definition) is 5. The quantitative estimate of drug-likeness (QED) is 0.866. The lowest BCUT2D eigenvalue weighted by atomic mass is 10.0. The number of aromatic nitrogens is 1. The lowest BCUT2D eigenvalue weighted by molar-refractivity contribution is 0.195. The smallest absolute Gasteiger partial charge is 0.317 e. The van der Waals surface area contributed by atoms with Crippen molar-refractivity contribution in [3.8, 4) is 0 Å². The molecule has 0 radical (unpaired) electrons. The van der Waals surface area contributed by atoms with Crippen LogP contribution in [0.5, 0.6) is 0 Å². The summed E-state index contributed by atoms with van der Waals surface area (Å²) in [4.78, 5) is 19.1. The topological polar surface area (TPSA) is 79.4 Å². The minimum atomic E-state index is -3.22. The average Bonchev–Trinajstić information content (AvgIpc) is 3.05. The second kappa shape index (κ2) is 7.75. The molecule has 0 aliphatic carbocycles. The van der Waals surface area contributed by atoms with Crippen molar-refractivity contribution in [1.29, 1.82) is 0 Å². The van der Waals surface area contributed by atoms with Crippen molar-refractivity contribution >= 4 is 27.2 Å². The zero-order valence-corrected chi connectivity index (χ0v) is 16.6. The molecule has 1 aromatic heterocycles. The van der Waals surface area contributed by atoms with Gasteiger partial charge in [0.15, 0.2) is 9.84 Å². The maximum Gasteiger partial charge on any atom is 0.317 e. The summed E-state index contributed by atoms with van der Waals surface area (Å²) in [6.07, 6.45) is 5.12. The van der Waals surface area contributed by atoms with Crippen LogP contribution in [0, 0.1) is 0 Å². The Hall–Kier alpha value is -1.93. The Morgan fingerprint density at radius 1 is 1.31 bits per heavy atom.